The van der Waals surface area contributed by atoms with Crippen LogP contribution in [0.1, 0.15) is 19.3 Å². The smallest absolute Gasteiger partial charge is 0.262 e. The summed E-state index contributed by atoms with van der Waals surface area (Å²) in [5.41, 5.74) is 0.435. The molecule has 168 valence electrons. The predicted octanol–water partition coefficient (Wildman–Crippen LogP) is 3.55. The van der Waals surface area contributed by atoms with Crippen molar-refractivity contribution in [2.45, 2.75) is 24.2 Å². The number of nitrogens with zero attached hydrogens (tertiary/aromatic N) is 1. The van der Waals surface area contributed by atoms with Gasteiger partial charge in [0.05, 0.1) is 29.8 Å². The minimum absolute atomic E-state index is 0.109. The lowest BCUT2D eigenvalue weighted by Gasteiger charge is -2.26. The van der Waals surface area contributed by atoms with E-state index >= 15 is 0 Å². The molecule has 1 saturated heterocycles. The van der Waals surface area contributed by atoms with Crippen LogP contribution in [0.15, 0.2) is 41.3 Å². The Kier molecular flexibility index (Phi) is 7.64. The lowest BCUT2D eigenvalue weighted by atomic mass is 10.2. The lowest BCUT2D eigenvalue weighted by molar-refractivity contribution is -0.118. The molecule has 1 N–H and O–H groups in total. The third-order valence-corrected chi connectivity index (χ3v) is 7.09. The number of halogens is 1. The number of hydrogen-bond donors (Lipinski definition) is 1. The highest BCUT2D eigenvalue weighted by atomic mass is 35.5. The van der Waals surface area contributed by atoms with Crippen LogP contribution in [-0.4, -0.2) is 52.5 Å². The Morgan fingerprint density at radius 2 is 1.74 bits per heavy atom. The average Bonchev–Trinajstić information content (AvgIpc) is 2.78. The van der Waals surface area contributed by atoms with Gasteiger partial charge in [-0.3, -0.25) is 4.79 Å². The molecule has 0 saturated carbocycles. The van der Waals surface area contributed by atoms with Crippen LogP contribution in [-0.2, 0) is 14.8 Å². The normalized spacial score (nSPS) is 14.7. The Morgan fingerprint density at radius 3 is 2.39 bits per heavy atom. The van der Waals surface area contributed by atoms with E-state index in [4.69, 9.17) is 25.8 Å². The van der Waals surface area contributed by atoms with Gasteiger partial charge in [-0.05, 0) is 43.2 Å². The van der Waals surface area contributed by atoms with E-state index in [2.05, 4.69) is 5.32 Å². The summed E-state index contributed by atoms with van der Waals surface area (Å²) in [7, 11) is -0.585. The number of ether oxygens (including phenoxy) is 3. The minimum atomic E-state index is -3.60. The van der Waals surface area contributed by atoms with Crippen molar-refractivity contribution in [1.82, 2.24) is 4.31 Å². The number of amides is 1. The maximum absolute atomic E-state index is 12.8. The highest BCUT2D eigenvalue weighted by molar-refractivity contribution is 7.89. The molecule has 1 aliphatic rings. The van der Waals surface area contributed by atoms with Crippen LogP contribution in [0, 0.1) is 0 Å². The number of piperidine rings is 1. The third kappa shape index (κ3) is 5.61. The van der Waals surface area contributed by atoms with E-state index in [1.54, 1.807) is 18.2 Å². The van der Waals surface area contributed by atoms with E-state index in [0.717, 1.165) is 19.3 Å². The highest BCUT2D eigenvalue weighted by Gasteiger charge is 2.26. The van der Waals surface area contributed by atoms with Gasteiger partial charge in [-0.1, -0.05) is 18.0 Å². The zero-order chi connectivity index (χ0) is 22.4. The van der Waals surface area contributed by atoms with Crippen molar-refractivity contribution in [1.29, 1.82) is 0 Å². The fourth-order valence-corrected chi connectivity index (χ4v) is 5.10. The molecule has 1 heterocycles. The Morgan fingerprint density at radius 1 is 1.03 bits per heavy atom. The molecule has 0 aromatic heterocycles. The fourth-order valence-electron chi connectivity index (χ4n) is 3.25. The molecular formula is C21H25ClN2O6S. The number of carbonyl (C=O) groups is 1. The first-order valence-electron chi connectivity index (χ1n) is 9.79. The van der Waals surface area contributed by atoms with Gasteiger partial charge >= 0.3 is 0 Å². The fraction of sp³-hybridized carbons (Fsp3) is 0.381. The van der Waals surface area contributed by atoms with Crippen molar-refractivity contribution in [3.05, 3.63) is 41.4 Å². The maximum atomic E-state index is 12.8. The molecule has 1 aliphatic heterocycles. The van der Waals surface area contributed by atoms with Crippen LogP contribution in [0.25, 0.3) is 0 Å². The molecule has 8 nitrogen and oxygen atoms in total. The molecule has 2 aromatic rings. The second-order valence-electron chi connectivity index (χ2n) is 6.96. The predicted molar refractivity (Wildman–Crippen MR) is 118 cm³/mol. The molecule has 3 rings (SSSR count). The molecule has 31 heavy (non-hydrogen) atoms. The molecule has 0 bridgehead atoms. The maximum Gasteiger partial charge on any atom is 0.262 e. The summed E-state index contributed by atoms with van der Waals surface area (Å²) in [6.45, 7) is 0.691. The monoisotopic (exact) mass is 468 g/mol. The molecule has 0 radical (unpaired) electrons. The third-order valence-electron chi connectivity index (χ3n) is 4.90. The van der Waals surface area contributed by atoms with Gasteiger partial charge in [-0.2, -0.15) is 4.31 Å². The Hall–Kier alpha value is -2.49. The molecular weight excluding hydrogens is 444 g/mol. The molecule has 1 fully saturated rings. The first kappa shape index (κ1) is 23.2. The Balaban J connectivity index is 1.65. The highest BCUT2D eigenvalue weighted by Crippen LogP contribution is 2.31. The first-order valence-corrected chi connectivity index (χ1v) is 11.6. The molecule has 0 spiro atoms. The van der Waals surface area contributed by atoms with Crippen molar-refractivity contribution in [3.63, 3.8) is 0 Å². The standard InChI is InChI=1S/C21H25ClN2O6S/c1-28-15-6-8-20(29-2)18(12-15)23-21(25)14-30-19-9-7-16(13-17(19)22)31(26,27)24-10-4-3-5-11-24/h6-9,12-13H,3-5,10-11,14H2,1-2H3,(H,23,25). The summed E-state index contributed by atoms with van der Waals surface area (Å²) in [6, 6.07) is 9.26. The first-order chi connectivity index (χ1) is 14.8. The van der Waals surface area contributed by atoms with Crippen molar-refractivity contribution in [2.24, 2.45) is 0 Å². The zero-order valence-electron chi connectivity index (χ0n) is 17.4. The van der Waals surface area contributed by atoms with Gasteiger partial charge in [-0.25, -0.2) is 8.42 Å². The van der Waals surface area contributed by atoms with Crippen LogP contribution in [0.5, 0.6) is 17.2 Å². The summed E-state index contributed by atoms with van der Waals surface area (Å²) >= 11 is 6.23. The lowest BCUT2D eigenvalue weighted by Crippen LogP contribution is -2.35. The van der Waals surface area contributed by atoms with Gasteiger partial charge in [0.25, 0.3) is 5.91 Å². The van der Waals surface area contributed by atoms with E-state index in [-0.39, 0.29) is 22.3 Å². The quantitative estimate of drug-likeness (QED) is 0.636. The number of hydrogen-bond acceptors (Lipinski definition) is 6. The number of rotatable bonds is 8. The van der Waals surface area contributed by atoms with Crippen LogP contribution in [0.3, 0.4) is 0 Å². The summed E-state index contributed by atoms with van der Waals surface area (Å²) in [5, 5.41) is 2.81. The number of anilines is 1. The van der Waals surface area contributed by atoms with Crippen molar-refractivity contribution in [2.75, 3.05) is 39.2 Å². The van der Waals surface area contributed by atoms with E-state index in [1.807, 2.05) is 0 Å². The molecule has 0 unspecified atom stereocenters. The van der Waals surface area contributed by atoms with Gasteiger partial charge < -0.3 is 19.5 Å². The van der Waals surface area contributed by atoms with Gasteiger partial charge in [0.2, 0.25) is 10.0 Å². The number of methoxy groups -OCH3 is 2. The van der Waals surface area contributed by atoms with Gasteiger partial charge in [0.15, 0.2) is 6.61 Å². The zero-order valence-corrected chi connectivity index (χ0v) is 19.0. The summed E-state index contributed by atoms with van der Waals surface area (Å²) in [6.07, 6.45) is 2.73. The van der Waals surface area contributed by atoms with Crippen LogP contribution in [0.2, 0.25) is 5.02 Å². The van der Waals surface area contributed by atoms with Gasteiger partial charge in [0.1, 0.15) is 17.2 Å². The van der Waals surface area contributed by atoms with Crippen LogP contribution >= 0.6 is 11.6 Å². The van der Waals surface area contributed by atoms with Crippen molar-refractivity contribution >= 4 is 33.2 Å². The summed E-state index contributed by atoms with van der Waals surface area (Å²) in [4.78, 5) is 12.4. The molecule has 1 amide bonds. The number of nitrogens with one attached hydrogen (secondary N) is 1. The Bertz CT molecular complexity index is 1040. The number of sulfonamides is 1. The number of benzene rings is 2. The van der Waals surface area contributed by atoms with Crippen molar-refractivity contribution < 1.29 is 27.4 Å². The summed E-state index contributed by atoms with van der Waals surface area (Å²) < 4.78 is 42.9. The second kappa shape index (κ2) is 10.2. The Labute approximate surface area is 187 Å². The van der Waals surface area contributed by atoms with Gasteiger partial charge in [0, 0.05) is 19.2 Å². The molecule has 0 aliphatic carbocycles. The molecule has 2 aromatic carbocycles. The van der Waals surface area contributed by atoms with Gasteiger partial charge in [-0.15, -0.1) is 0 Å². The van der Waals surface area contributed by atoms with Crippen molar-refractivity contribution in [3.8, 4) is 17.2 Å². The van der Waals surface area contributed by atoms with Crippen LogP contribution < -0.4 is 19.5 Å². The van der Waals surface area contributed by atoms with E-state index < -0.39 is 15.9 Å². The molecule has 0 atom stereocenters. The largest absolute Gasteiger partial charge is 0.497 e. The SMILES string of the molecule is COc1ccc(OC)c(NC(=O)COc2ccc(S(=O)(=O)N3CCCCC3)cc2Cl)c1. The second-order valence-corrected chi connectivity index (χ2v) is 9.31. The average molecular weight is 469 g/mol. The van der Waals surface area contributed by atoms with E-state index in [1.165, 1.54) is 36.7 Å². The van der Waals surface area contributed by atoms with Crippen LogP contribution in [0.4, 0.5) is 5.69 Å². The summed E-state index contributed by atoms with van der Waals surface area (Å²) in [5.74, 6) is 0.810. The van der Waals surface area contributed by atoms with E-state index in [0.29, 0.717) is 30.3 Å². The molecule has 10 heteroatoms. The topological polar surface area (TPSA) is 94.2 Å². The number of carbonyl (C=O) groups excluding carboxylic acids is 1. The minimum Gasteiger partial charge on any atom is -0.497 e. The van der Waals surface area contributed by atoms with E-state index in [9.17, 15) is 13.2 Å².